The molecule has 0 aromatic heterocycles. The van der Waals surface area contributed by atoms with E-state index in [2.05, 4.69) is 17.0 Å². The number of hydrogen-bond donors (Lipinski definition) is 1. The van der Waals surface area contributed by atoms with Crippen molar-refractivity contribution in [3.05, 3.63) is 35.9 Å². The van der Waals surface area contributed by atoms with Crippen molar-refractivity contribution in [1.29, 1.82) is 0 Å². The monoisotopic (exact) mass is 378 g/mol. The normalized spacial score (nSPS) is 30.8. The van der Waals surface area contributed by atoms with Crippen molar-refractivity contribution >= 4 is 24.3 Å². The highest BCUT2D eigenvalue weighted by Crippen LogP contribution is 2.49. The maximum Gasteiger partial charge on any atom is 0.311 e. The fraction of sp³-hybridized carbons (Fsp3) is 0.600. The van der Waals surface area contributed by atoms with Crippen LogP contribution in [0.25, 0.3) is 0 Å². The van der Waals surface area contributed by atoms with Crippen molar-refractivity contribution in [3.63, 3.8) is 0 Å². The molecule has 1 unspecified atom stereocenters. The molecule has 1 N–H and O–H groups in total. The first-order valence-corrected chi connectivity index (χ1v) is 9.40. The van der Waals surface area contributed by atoms with E-state index in [1.54, 1.807) is 0 Å². The molecule has 1 aromatic carbocycles. The number of carboxylic acid groups (broad SMARTS) is 1. The summed E-state index contributed by atoms with van der Waals surface area (Å²) in [7, 11) is 0. The van der Waals surface area contributed by atoms with Crippen LogP contribution in [0.15, 0.2) is 30.3 Å². The molecule has 2 aliphatic heterocycles. The first kappa shape index (κ1) is 19.2. The SMILES string of the molecule is Cl.O=C(C1CCCN1Cc1ccccc1)N1C[C@@H]2CCC[C@@]2(C(=O)O)C1. The number of rotatable bonds is 4. The van der Waals surface area contributed by atoms with E-state index >= 15 is 0 Å². The number of carboxylic acids is 1. The Hall–Kier alpha value is -1.59. The Balaban J connectivity index is 0.00000196. The van der Waals surface area contributed by atoms with Crippen molar-refractivity contribution < 1.29 is 14.7 Å². The lowest BCUT2D eigenvalue weighted by Crippen LogP contribution is -2.46. The van der Waals surface area contributed by atoms with E-state index in [1.807, 2.05) is 23.1 Å². The second-order valence-corrected chi connectivity index (χ2v) is 7.88. The Morgan fingerprint density at radius 3 is 2.62 bits per heavy atom. The summed E-state index contributed by atoms with van der Waals surface area (Å²) >= 11 is 0. The average Bonchev–Trinajstić information content (AvgIpc) is 3.29. The summed E-state index contributed by atoms with van der Waals surface area (Å²) in [5, 5.41) is 9.74. The predicted molar refractivity (Wildman–Crippen MR) is 101 cm³/mol. The minimum absolute atomic E-state index is 0. The highest BCUT2D eigenvalue weighted by atomic mass is 35.5. The Bertz CT molecular complexity index is 668. The summed E-state index contributed by atoms with van der Waals surface area (Å²) in [5.41, 5.74) is 0.543. The summed E-state index contributed by atoms with van der Waals surface area (Å²) in [6, 6.07) is 10.2. The van der Waals surface area contributed by atoms with Crippen LogP contribution in [-0.4, -0.2) is 52.5 Å². The van der Waals surface area contributed by atoms with Crippen LogP contribution in [0, 0.1) is 11.3 Å². The number of hydrogen-bond acceptors (Lipinski definition) is 3. The molecular weight excluding hydrogens is 352 g/mol. The summed E-state index contributed by atoms with van der Waals surface area (Å²) in [4.78, 5) is 29.1. The summed E-state index contributed by atoms with van der Waals surface area (Å²) in [6.45, 7) is 2.76. The zero-order valence-corrected chi connectivity index (χ0v) is 15.8. The lowest BCUT2D eigenvalue weighted by atomic mass is 9.81. The number of carbonyl (C=O) groups excluding carboxylic acids is 1. The fourth-order valence-corrected chi connectivity index (χ4v) is 5.13. The van der Waals surface area contributed by atoms with Gasteiger partial charge >= 0.3 is 5.97 Å². The van der Waals surface area contributed by atoms with E-state index in [-0.39, 0.29) is 30.3 Å². The molecule has 6 heteroatoms. The van der Waals surface area contributed by atoms with Gasteiger partial charge in [0.1, 0.15) is 0 Å². The molecule has 2 heterocycles. The largest absolute Gasteiger partial charge is 0.481 e. The van der Waals surface area contributed by atoms with Crippen LogP contribution in [0.5, 0.6) is 0 Å². The Morgan fingerprint density at radius 2 is 1.92 bits per heavy atom. The number of aliphatic carboxylic acids is 1. The van der Waals surface area contributed by atoms with Crippen LogP contribution in [0.3, 0.4) is 0 Å². The standard InChI is InChI=1S/C20H26N2O3.ClH/c23-18(22-13-16-8-4-10-20(16,14-22)19(24)25)17-9-5-11-21(17)12-15-6-2-1-3-7-15;/h1-3,6-7,16-17H,4-5,8-14H2,(H,24,25);1H/t16-,17?,20+;/m0./s1. The number of benzene rings is 1. The van der Waals surface area contributed by atoms with Crippen molar-refractivity contribution in [1.82, 2.24) is 9.80 Å². The second kappa shape index (κ2) is 7.57. The molecule has 3 fully saturated rings. The topological polar surface area (TPSA) is 60.9 Å². The van der Waals surface area contributed by atoms with Crippen LogP contribution in [0.4, 0.5) is 0 Å². The van der Waals surface area contributed by atoms with Gasteiger partial charge in [-0.15, -0.1) is 12.4 Å². The molecule has 1 saturated carbocycles. The molecule has 1 aliphatic carbocycles. The van der Waals surface area contributed by atoms with Gasteiger partial charge in [-0.05, 0) is 43.7 Å². The quantitative estimate of drug-likeness (QED) is 0.875. The third-order valence-electron chi connectivity index (χ3n) is 6.49. The van der Waals surface area contributed by atoms with Crippen molar-refractivity contribution in [2.75, 3.05) is 19.6 Å². The van der Waals surface area contributed by atoms with Crippen molar-refractivity contribution in [2.45, 2.75) is 44.7 Å². The maximum absolute atomic E-state index is 13.1. The fourth-order valence-electron chi connectivity index (χ4n) is 5.13. The van der Waals surface area contributed by atoms with Gasteiger partial charge in [-0.25, -0.2) is 0 Å². The highest BCUT2D eigenvalue weighted by molar-refractivity contribution is 5.85. The van der Waals surface area contributed by atoms with Crippen LogP contribution >= 0.6 is 12.4 Å². The van der Waals surface area contributed by atoms with Gasteiger partial charge in [0.25, 0.3) is 0 Å². The van der Waals surface area contributed by atoms with Crippen LogP contribution in [0.1, 0.15) is 37.7 Å². The van der Waals surface area contributed by atoms with Gasteiger partial charge in [0.2, 0.25) is 5.91 Å². The first-order valence-electron chi connectivity index (χ1n) is 9.40. The summed E-state index contributed by atoms with van der Waals surface area (Å²) < 4.78 is 0. The number of carbonyl (C=O) groups is 2. The maximum atomic E-state index is 13.1. The number of fused-ring (bicyclic) bond motifs is 1. The van der Waals surface area contributed by atoms with E-state index in [9.17, 15) is 14.7 Å². The van der Waals surface area contributed by atoms with Gasteiger partial charge < -0.3 is 10.0 Å². The molecule has 0 spiro atoms. The van der Waals surface area contributed by atoms with Crippen molar-refractivity contribution in [2.24, 2.45) is 11.3 Å². The lowest BCUT2D eigenvalue weighted by molar-refractivity contribution is -0.149. The van der Waals surface area contributed by atoms with Crippen molar-refractivity contribution in [3.8, 4) is 0 Å². The first-order chi connectivity index (χ1) is 12.1. The molecule has 26 heavy (non-hydrogen) atoms. The molecule has 3 atom stereocenters. The molecule has 0 bridgehead atoms. The van der Waals surface area contributed by atoms with Gasteiger partial charge in [0, 0.05) is 19.6 Å². The third kappa shape index (κ3) is 3.23. The predicted octanol–water partition coefficient (Wildman–Crippen LogP) is 2.79. The highest BCUT2D eigenvalue weighted by Gasteiger charge is 2.56. The smallest absolute Gasteiger partial charge is 0.311 e. The summed E-state index contributed by atoms with van der Waals surface area (Å²) in [5.74, 6) is -0.431. The molecule has 2 saturated heterocycles. The number of likely N-dealkylation sites (tertiary alicyclic amines) is 2. The average molecular weight is 379 g/mol. The van der Waals surface area contributed by atoms with E-state index in [0.717, 1.165) is 45.2 Å². The van der Waals surface area contributed by atoms with Crippen LogP contribution in [0.2, 0.25) is 0 Å². The third-order valence-corrected chi connectivity index (χ3v) is 6.49. The Kier molecular flexibility index (Phi) is 5.58. The van der Waals surface area contributed by atoms with Crippen LogP contribution < -0.4 is 0 Å². The van der Waals surface area contributed by atoms with E-state index in [1.165, 1.54) is 5.56 Å². The minimum atomic E-state index is -0.710. The Labute approximate surface area is 160 Å². The zero-order chi connectivity index (χ0) is 17.4. The number of nitrogens with zero attached hydrogens (tertiary/aromatic N) is 2. The lowest BCUT2D eigenvalue weighted by Gasteiger charge is -2.29. The molecule has 0 radical (unpaired) electrons. The summed E-state index contributed by atoms with van der Waals surface area (Å²) in [6.07, 6.45) is 4.55. The molecule has 5 nitrogen and oxygen atoms in total. The molecule has 142 valence electrons. The minimum Gasteiger partial charge on any atom is -0.481 e. The van der Waals surface area contributed by atoms with E-state index in [0.29, 0.717) is 13.1 Å². The van der Waals surface area contributed by atoms with Gasteiger partial charge in [-0.1, -0.05) is 36.8 Å². The number of halogens is 1. The van der Waals surface area contributed by atoms with Gasteiger partial charge in [0.15, 0.2) is 0 Å². The van der Waals surface area contributed by atoms with Gasteiger partial charge in [-0.2, -0.15) is 0 Å². The van der Waals surface area contributed by atoms with Crippen LogP contribution in [-0.2, 0) is 16.1 Å². The molecule has 3 aliphatic rings. The van der Waals surface area contributed by atoms with Gasteiger partial charge in [-0.3, -0.25) is 14.5 Å². The molecule has 1 amide bonds. The number of amides is 1. The molecule has 4 rings (SSSR count). The van der Waals surface area contributed by atoms with Gasteiger partial charge in [0.05, 0.1) is 11.5 Å². The zero-order valence-electron chi connectivity index (χ0n) is 15.0. The second-order valence-electron chi connectivity index (χ2n) is 7.88. The Morgan fingerprint density at radius 1 is 1.15 bits per heavy atom. The van der Waals surface area contributed by atoms with E-state index < -0.39 is 11.4 Å². The molecule has 1 aromatic rings. The molecular formula is C20H27ClN2O3. The van der Waals surface area contributed by atoms with E-state index in [4.69, 9.17) is 0 Å².